The van der Waals surface area contributed by atoms with E-state index < -0.39 is 0 Å². The Hall–Kier alpha value is -0.670. The Morgan fingerprint density at radius 2 is 1.86 bits per heavy atom. The molecule has 2 aromatic rings. The van der Waals surface area contributed by atoms with Gasteiger partial charge in [0, 0.05) is 28.3 Å². The van der Waals surface area contributed by atoms with Gasteiger partial charge in [0.25, 0.3) is 0 Å². The zero-order valence-electron chi connectivity index (χ0n) is 11.6. The molecule has 2 aromatic carbocycles. The van der Waals surface area contributed by atoms with E-state index >= 15 is 0 Å². The lowest BCUT2D eigenvalue weighted by Crippen LogP contribution is -2.15. The Labute approximate surface area is 140 Å². The zero-order valence-corrected chi connectivity index (χ0v) is 13.9. The third kappa shape index (κ3) is 4.40. The van der Waals surface area contributed by atoms with Crippen LogP contribution in [0.4, 0.5) is 0 Å². The maximum Gasteiger partial charge on any atom is 0.0545 e. The van der Waals surface area contributed by atoms with E-state index in [2.05, 4.69) is 29.6 Å². The number of nitrogens with one attached hydrogen (secondary N) is 1. The van der Waals surface area contributed by atoms with Crippen LogP contribution in [0.15, 0.2) is 47.4 Å². The smallest absolute Gasteiger partial charge is 0.0545 e. The molecule has 0 heterocycles. The largest absolute Gasteiger partial charge is 0.310 e. The molecule has 1 aliphatic carbocycles. The van der Waals surface area contributed by atoms with Gasteiger partial charge in [0.2, 0.25) is 0 Å². The van der Waals surface area contributed by atoms with E-state index in [1.54, 1.807) is 11.8 Å². The van der Waals surface area contributed by atoms with E-state index in [9.17, 15) is 0 Å². The van der Waals surface area contributed by atoms with Gasteiger partial charge in [-0.15, -0.1) is 11.8 Å². The van der Waals surface area contributed by atoms with Crippen molar-refractivity contribution in [2.24, 2.45) is 0 Å². The van der Waals surface area contributed by atoms with Gasteiger partial charge in [-0.2, -0.15) is 0 Å². The highest BCUT2D eigenvalue weighted by Crippen LogP contribution is 2.32. The second kappa shape index (κ2) is 7.06. The number of rotatable bonds is 6. The number of thioether (sulfide) groups is 1. The van der Waals surface area contributed by atoms with Crippen LogP contribution in [-0.2, 0) is 12.3 Å². The first-order chi connectivity index (χ1) is 10.2. The van der Waals surface area contributed by atoms with Crippen LogP contribution in [0.5, 0.6) is 0 Å². The van der Waals surface area contributed by atoms with Gasteiger partial charge in [0.1, 0.15) is 0 Å². The zero-order chi connectivity index (χ0) is 14.7. The van der Waals surface area contributed by atoms with Gasteiger partial charge in [-0.1, -0.05) is 47.5 Å². The first-order valence-corrected chi connectivity index (χ1v) is 8.84. The Kier molecular flexibility index (Phi) is 5.12. The second-order valence-corrected chi connectivity index (χ2v) is 7.13. The summed E-state index contributed by atoms with van der Waals surface area (Å²) in [7, 11) is 0. The average molecular weight is 338 g/mol. The van der Waals surface area contributed by atoms with Crippen LogP contribution in [-0.4, -0.2) is 6.04 Å². The molecule has 3 rings (SSSR count). The van der Waals surface area contributed by atoms with Crippen molar-refractivity contribution in [2.45, 2.75) is 36.1 Å². The lowest BCUT2D eigenvalue weighted by Gasteiger charge is -2.08. The van der Waals surface area contributed by atoms with Gasteiger partial charge < -0.3 is 5.32 Å². The topological polar surface area (TPSA) is 12.0 Å². The van der Waals surface area contributed by atoms with Gasteiger partial charge in [-0.05, 0) is 42.2 Å². The summed E-state index contributed by atoms with van der Waals surface area (Å²) in [6.45, 7) is 0.903. The van der Waals surface area contributed by atoms with Gasteiger partial charge in [0.05, 0.1) is 5.02 Å². The van der Waals surface area contributed by atoms with E-state index in [1.807, 2.05) is 18.2 Å². The minimum absolute atomic E-state index is 0.720. The monoisotopic (exact) mass is 337 g/mol. The normalized spacial score (nSPS) is 14.4. The van der Waals surface area contributed by atoms with Gasteiger partial charge >= 0.3 is 0 Å². The fraction of sp³-hybridized carbons (Fsp3) is 0.294. The van der Waals surface area contributed by atoms with Crippen LogP contribution in [0.2, 0.25) is 10.0 Å². The molecule has 0 radical (unpaired) electrons. The lowest BCUT2D eigenvalue weighted by molar-refractivity contribution is 0.687. The van der Waals surface area contributed by atoms with Crippen LogP contribution < -0.4 is 5.32 Å². The van der Waals surface area contributed by atoms with Crippen molar-refractivity contribution in [3.05, 3.63) is 63.6 Å². The molecule has 1 nitrogen and oxygen atoms in total. The van der Waals surface area contributed by atoms with Crippen molar-refractivity contribution in [1.29, 1.82) is 0 Å². The average Bonchev–Trinajstić information content (AvgIpc) is 3.30. The molecule has 0 bridgehead atoms. The highest BCUT2D eigenvalue weighted by atomic mass is 35.5. The van der Waals surface area contributed by atoms with Crippen molar-refractivity contribution in [1.82, 2.24) is 5.32 Å². The predicted octanol–water partition coefficient (Wildman–Crippen LogP) is 5.54. The summed E-state index contributed by atoms with van der Waals surface area (Å²) in [5.74, 6) is 0.832. The summed E-state index contributed by atoms with van der Waals surface area (Å²) in [6, 6.07) is 15.0. The third-order valence-electron chi connectivity index (χ3n) is 3.51. The van der Waals surface area contributed by atoms with Crippen molar-refractivity contribution < 1.29 is 0 Å². The molecule has 0 atom stereocenters. The Balaban J connectivity index is 1.61. The van der Waals surface area contributed by atoms with E-state index in [0.29, 0.717) is 0 Å². The van der Waals surface area contributed by atoms with Gasteiger partial charge in [-0.25, -0.2) is 0 Å². The van der Waals surface area contributed by atoms with Crippen LogP contribution in [0.25, 0.3) is 0 Å². The van der Waals surface area contributed by atoms with E-state index in [0.717, 1.165) is 38.8 Å². The highest BCUT2D eigenvalue weighted by Gasteiger charge is 2.20. The van der Waals surface area contributed by atoms with Crippen LogP contribution in [0.3, 0.4) is 0 Å². The predicted molar refractivity (Wildman–Crippen MR) is 92.3 cm³/mol. The third-order valence-corrected chi connectivity index (χ3v) is 5.43. The van der Waals surface area contributed by atoms with E-state index in [-0.39, 0.29) is 0 Å². The molecule has 1 fully saturated rings. The fourth-order valence-corrected chi connectivity index (χ4v) is 3.66. The molecule has 0 amide bonds. The first-order valence-electron chi connectivity index (χ1n) is 7.10. The molecule has 0 unspecified atom stereocenters. The van der Waals surface area contributed by atoms with Crippen molar-refractivity contribution >= 4 is 35.0 Å². The summed E-state index contributed by atoms with van der Waals surface area (Å²) in [6.07, 6.45) is 2.61. The minimum Gasteiger partial charge on any atom is -0.310 e. The molecular weight excluding hydrogens is 321 g/mol. The highest BCUT2D eigenvalue weighted by molar-refractivity contribution is 7.98. The van der Waals surface area contributed by atoms with Gasteiger partial charge in [0.15, 0.2) is 0 Å². The Morgan fingerprint density at radius 3 is 2.57 bits per heavy atom. The van der Waals surface area contributed by atoms with Crippen LogP contribution in [0.1, 0.15) is 24.0 Å². The summed E-state index contributed by atoms with van der Waals surface area (Å²) < 4.78 is 0. The van der Waals surface area contributed by atoms with E-state index in [1.165, 1.54) is 18.4 Å². The van der Waals surface area contributed by atoms with Crippen molar-refractivity contribution in [3.63, 3.8) is 0 Å². The summed E-state index contributed by atoms with van der Waals surface area (Å²) in [5, 5.41) is 5.13. The molecule has 0 aliphatic heterocycles. The molecular formula is C17H17Cl2NS. The Morgan fingerprint density at radius 1 is 1.05 bits per heavy atom. The van der Waals surface area contributed by atoms with Crippen LogP contribution >= 0.6 is 35.0 Å². The molecule has 1 N–H and O–H groups in total. The summed E-state index contributed by atoms with van der Waals surface area (Å²) in [4.78, 5) is 1.10. The molecule has 0 spiro atoms. The molecule has 1 aliphatic rings. The molecule has 110 valence electrons. The summed E-state index contributed by atoms with van der Waals surface area (Å²) >= 11 is 14.3. The van der Waals surface area contributed by atoms with Crippen LogP contribution in [0, 0.1) is 0 Å². The molecule has 0 aromatic heterocycles. The van der Waals surface area contributed by atoms with Crippen molar-refractivity contribution in [2.75, 3.05) is 0 Å². The maximum atomic E-state index is 6.38. The maximum absolute atomic E-state index is 6.38. The number of hydrogen-bond donors (Lipinski definition) is 1. The molecule has 21 heavy (non-hydrogen) atoms. The SMILES string of the molecule is Clc1ccccc1CSc1ccc(CNC2CC2)cc1Cl. The second-order valence-electron chi connectivity index (χ2n) is 5.30. The quantitative estimate of drug-likeness (QED) is 0.694. The first kappa shape index (κ1) is 15.2. The van der Waals surface area contributed by atoms with Gasteiger partial charge in [-0.3, -0.25) is 0 Å². The number of hydrogen-bond acceptors (Lipinski definition) is 2. The fourth-order valence-electron chi connectivity index (χ4n) is 2.09. The minimum atomic E-state index is 0.720. The summed E-state index contributed by atoms with van der Waals surface area (Å²) in [5.41, 5.74) is 2.38. The molecule has 1 saturated carbocycles. The standard InChI is InChI=1S/C17H17Cl2NS/c18-15-4-2-1-3-13(15)11-21-17-8-5-12(9-16(17)19)10-20-14-6-7-14/h1-5,8-9,14,20H,6-7,10-11H2. The number of benzene rings is 2. The molecule has 0 saturated heterocycles. The van der Waals surface area contributed by atoms with E-state index in [4.69, 9.17) is 23.2 Å². The lowest BCUT2D eigenvalue weighted by atomic mass is 10.2. The Bertz CT molecular complexity index is 626. The van der Waals surface area contributed by atoms with Crippen molar-refractivity contribution in [3.8, 4) is 0 Å². The molecule has 4 heteroatoms. The number of halogens is 2.